The third kappa shape index (κ3) is 3.27. The Balaban J connectivity index is 1.50. The number of hydrogen-bond donors (Lipinski definition) is 0. The van der Waals surface area contributed by atoms with E-state index in [1.807, 2.05) is 28.8 Å². The van der Waals surface area contributed by atoms with E-state index < -0.39 is 0 Å². The molecule has 1 amide bonds. The number of rotatable bonds is 3. The van der Waals surface area contributed by atoms with Crippen molar-refractivity contribution in [3.05, 3.63) is 60.3 Å². The molecular formula is C20H22N4O. The molecule has 1 aliphatic heterocycles. The highest BCUT2D eigenvalue weighted by Crippen LogP contribution is 2.25. The minimum absolute atomic E-state index is 0.0462. The van der Waals surface area contributed by atoms with Crippen LogP contribution in [0, 0.1) is 5.92 Å². The Hall–Kier alpha value is -2.69. The van der Waals surface area contributed by atoms with Gasteiger partial charge in [-0.3, -0.25) is 9.78 Å². The normalized spacial score (nSPS) is 17.8. The molecule has 4 rings (SSSR count). The minimum Gasteiger partial charge on any atom is -0.340 e. The van der Waals surface area contributed by atoms with Crippen LogP contribution >= 0.6 is 0 Å². The summed E-state index contributed by atoms with van der Waals surface area (Å²) < 4.78 is 1.82. The number of nitrogens with zero attached hydrogens (tertiary/aromatic N) is 4. The zero-order valence-electron chi connectivity index (χ0n) is 14.4. The third-order valence-corrected chi connectivity index (χ3v) is 4.98. The highest BCUT2D eigenvalue weighted by Gasteiger charge is 2.26. The predicted molar refractivity (Wildman–Crippen MR) is 97.3 cm³/mol. The molecule has 0 radical (unpaired) electrons. The minimum atomic E-state index is 0.0462. The topological polar surface area (TPSA) is 51.0 Å². The van der Waals surface area contributed by atoms with Gasteiger partial charge in [0.25, 0.3) is 5.91 Å². The summed E-state index contributed by atoms with van der Waals surface area (Å²) in [6.07, 6.45) is 8.54. The Labute approximate surface area is 147 Å². The standard InChI is InChI=1S/C20H22N4O/c1-23-13-19(22-14-23)20(25)24-10-4-5-15(12-24)11-16-8-9-21-18-7-3-2-6-17(16)18/h2-3,6-9,13-15H,4-5,10-12H2,1H3/t15-/m0/s1. The van der Waals surface area contributed by atoms with Crippen molar-refractivity contribution in [2.45, 2.75) is 19.3 Å². The van der Waals surface area contributed by atoms with Gasteiger partial charge in [-0.2, -0.15) is 0 Å². The summed E-state index contributed by atoms with van der Waals surface area (Å²) in [4.78, 5) is 23.3. The fraction of sp³-hybridized carbons (Fsp3) is 0.350. The van der Waals surface area contributed by atoms with E-state index >= 15 is 0 Å². The van der Waals surface area contributed by atoms with Crippen molar-refractivity contribution in [2.24, 2.45) is 13.0 Å². The molecule has 25 heavy (non-hydrogen) atoms. The van der Waals surface area contributed by atoms with Crippen LogP contribution in [0.3, 0.4) is 0 Å². The summed E-state index contributed by atoms with van der Waals surface area (Å²) >= 11 is 0. The van der Waals surface area contributed by atoms with Crippen LogP contribution in [0.4, 0.5) is 0 Å². The lowest BCUT2D eigenvalue weighted by Crippen LogP contribution is -2.40. The number of amides is 1. The number of carbonyl (C=O) groups is 1. The lowest BCUT2D eigenvalue weighted by atomic mass is 9.90. The molecule has 0 saturated carbocycles. The molecule has 1 fully saturated rings. The number of imidazole rings is 1. The van der Waals surface area contributed by atoms with Gasteiger partial charge < -0.3 is 9.47 Å². The lowest BCUT2D eigenvalue weighted by molar-refractivity contribution is 0.0668. The van der Waals surface area contributed by atoms with Gasteiger partial charge >= 0.3 is 0 Å². The summed E-state index contributed by atoms with van der Waals surface area (Å²) in [7, 11) is 1.89. The van der Waals surface area contributed by atoms with E-state index in [1.54, 1.807) is 12.5 Å². The van der Waals surface area contributed by atoms with Crippen molar-refractivity contribution >= 4 is 16.8 Å². The first kappa shape index (κ1) is 15.8. The van der Waals surface area contributed by atoms with E-state index in [2.05, 4.69) is 34.2 Å². The largest absolute Gasteiger partial charge is 0.340 e. The van der Waals surface area contributed by atoms with Crippen LogP contribution < -0.4 is 0 Å². The number of piperidine rings is 1. The van der Waals surface area contributed by atoms with Gasteiger partial charge in [0.15, 0.2) is 0 Å². The maximum absolute atomic E-state index is 12.7. The van der Waals surface area contributed by atoms with Crippen LogP contribution in [-0.2, 0) is 13.5 Å². The van der Waals surface area contributed by atoms with Crippen LogP contribution in [0.25, 0.3) is 10.9 Å². The van der Waals surface area contributed by atoms with Crippen molar-refractivity contribution in [1.82, 2.24) is 19.4 Å². The number of likely N-dealkylation sites (tertiary alicyclic amines) is 1. The Kier molecular flexibility index (Phi) is 4.22. The van der Waals surface area contributed by atoms with E-state index in [-0.39, 0.29) is 5.91 Å². The molecular weight excluding hydrogens is 312 g/mol. The zero-order valence-corrected chi connectivity index (χ0v) is 14.4. The average molecular weight is 334 g/mol. The van der Waals surface area contributed by atoms with E-state index in [1.165, 1.54) is 10.9 Å². The number of hydrogen-bond acceptors (Lipinski definition) is 3. The maximum atomic E-state index is 12.7. The zero-order chi connectivity index (χ0) is 17.2. The van der Waals surface area contributed by atoms with Gasteiger partial charge in [-0.15, -0.1) is 0 Å². The van der Waals surface area contributed by atoms with Crippen molar-refractivity contribution < 1.29 is 4.79 Å². The number of fused-ring (bicyclic) bond motifs is 1. The Morgan fingerprint density at radius 1 is 1.24 bits per heavy atom. The molecule has 2 aromatic heterocycles. The Morgan fingerprint density at radius 2 is 2.12 bits per heavy atom. The molecule has 5 heteroatoms. The first-order valence-electron chi connectivity index (χ1n) is 8.80. The summed E-state index contributed by atoms with van der Waals surface area (Å²) in [6, 6.07) is 10.4. The molecule has 1 aromatic carbocycles. The molecule has 0 aliphatic carbocycles. The van der Waals surface area contributed by atoms with Crippen LogP contribution in [-0.4, -0.2) is 38.4 Å². The molecule has 1 atom stereocenters. The molecule has 3 heterocycles. The van der Waals surface area contributed by atoms with Gasteiger partial charge in [0.05, 0.1) is 11.8 Å². The summed E-state index contributed by atoms with van der Waals surface area (Å²) in [5.41, 5.74) is 2.90. The summed E-state index contributed by atoms with van der Waals surface area (Å²) in [5.74, 6) is 0.525. The van der Waals surface area contributed by atoms with Gasteiger partial charge in [0, 0.05) is 37.9 Å². The third-order valence-electron chi connectivity index (χ3n) is 4.98. The van der Waals surface area contributed by atoms with Crippen LogP contribution in [0.2, 0.25) is 0 Å². The van der Waals surface area contributed by atoms with Gasteiger partial charge in [-0.25, -0.2) is 4.98 Å². The molecule has 0 bridgehead atoms. The number of pyridine rings is 1. The number of para-hydroxylation sites is 1. The van der Waals surface area contributed by atoms with Gasteiger partial charge in [-0.05, 0) is 42.9 Å². The molecule has 0 unspecified atom stereocenters. The lowest BCUT2D eigenvalue weighted by Gasteiger charge is -2.32. The van der Waals surface area contributed by atoms with E-state index in [4.69, 9.17) is 0 Å². The molecule has 0 N–H and O–H groups in total. The number of benzene rings is 1. The molecule has 3 aromatic rings. The molecule has 0 spiro atoms. The molecule has 1 saturated heterocycles. The highest BCUT2D eigenvalue weighted by molar-refractivity contribution is 5.92. The van der Waals surface area contributed by atoms with Crippen LogP contribution in [0.5, 0.6) is 0 Å². The van der Waals surface area contributed by atoms with E-state index in [9.17, 15) is 4.79 Å². The van der Waals surface area contributed by atoms with Crippen molar-refractivity contribution in [3.8, 4) is 0 Å². The second kappa shape index (κ2) is 6.67. The van der Waals surface area contributed by atoms with Crippen molar-refractivity contribution in [1.29, 1.82) is 0 Å². The quantitative estimate of drug-likeness (QED) is 0.740. The molecule has 128 valence electrons. The first-order chi connectivity index (χ1) is 12.2. The summed E-state index contributed by atoms with van der Waals surface area (Å²) in [6.45, 7) is 1.62. The van der Waals surface area contributed by atoms with Crippen molar-refractivity contribution in [3.63, 3.8) is 0 Å². The van der Waals surface area contributed by atoms with Gasteiger partial charge in [-0.1, -0.05) is 18.2 Å². The van der Waals surface area contributed by atoms with Crippen LogP contribution in [0.1, 0.15) is 28.9 Å². The predicted octanol–water partition coefficient (Wildman–Crippen LogP) is 3.06. The van der Waals surface area contributed by atoms with Crippen molar-refractivity contribution in [2.75, 3.05) is 13.1 Å². The maximum Gasteiger partial charge on any atom is 0.274 e. The fourth-order valence-corrected chi connectivity index (χ4v) is 3.75. The van der Waals surface area contributed by atoms with E-state index in [0.717, 1.165) is 37.9 Å². The Morgan fingerprint density at radius 3 is 2.96 bits per heavy atom. The average Bonchev–Trinajstić information content (AvgIpc) is 3.08. The van der Waals surface area contributed by atoms with E-state index in [0.29, 0.717) is 11.6 Å². The van der Waals surface area contributed by atoms with Crippen LogP contribution in [0.15, 0.2) is 49.1 Å². The Bertz CT molecular complexity index is 896. The summed E-state index contributed by atoms with van der Waals surface area (Å²) in [5, 5.41) is 1.22. The first-order valence-corrected chi connectivity index (χ1v) is 8.80. The molecule has 5 nitrogen and oxygen atoms in total. The second-order valence-corrected chi connectivity index (χ2v) is 6.88. The van der Waals surface area contributed by atoms with Gasteiger partial charge in [0.1, 0.15) is 5.69 Å². The number of aromatic nitrogens is 3. The SMILES string of the molecule is Cn1cnc(C(=O)N2CCC[C@@H](Cc3ccnc4ccccc34)C2)c1. The molecule has 1 aliphatic rings. The number of carbonyl (C=O) groups excluding carboxylic acids is 1. The highest BCUT2D eigenvalue weighted by atomic mass is 16.2. The van der Waals surface area contributed by atoms with Gasteiger partial charge in [0.2, 0.25) is 0 Å². The smallest absolute Gasteiger partial charge is 0.274 e. The monoisotopic (exact) mass is 334 g/mol. The fourth-order valence-electron chi connectivity index (χ4n) is 3.75. The number of aryl methyl sites for hydroxylation is 1. The second-order valence-electron chi connectivity index (χ2n) is 6.88.